The number of thioether (sulfide) groups is 1. The van der Waals surface area contributed by atoms with E-state index in [0.29, 0.717) is 17.3 Å². The van der Waals surface area contributed by atoms with Crippen LogP contribution in [0.4, 0.5) is 5.69 Å². The van der Waals surface area contributed by atoms with Crippen molar-refractivity contribution in [3.63, 3.8) is 0 Å². The third-order valence-electron chi connectivity index (χ3n) is 3.25. The smallest absolute Gasteiger partial charge is 0.338 e. The maximum atomic E-state index is 12.0. The number of ether oxygens (including phenoxy) is 1. The highest BCUT2D eigenvalue weighted by molar-refractivity contribution is 8.00. The van der Waals surface area contributed by atoms with Gasteiger partial charge in [-0.3, -0.25) is 4.79 Å². The van der Waals surface area contributed by atoms with Gasteiger partial charge in [-0.25, -0.2) is 9.78 Å². The van der Waals surface area contributed by atoms with Gasteiger partial charge < -0.3 is 15.2 Å². The number of carbonyl (C=O) groups is 2. The van der Waals surface area contributed by atoms with E-state index in [-0.39, 0.29) is 17.2 Å². The van der Waals surface area contributed by atoms with E-state index in [9.17, 15) is 9.59 Å². The van der Waals surface area contributed by atoms with Crippen molar-refractivity contribution in [1.29, 1.82) is 0 Å². The van der Waals surface area contributed by atoms with Crippen LogP contribution < -0.4 is 10.1 Å². The van der Waals surface area contributed by atoms with Crippen molar-refractivity contribution in [2.24, 2.45) is 0 Å². The SMILES string of the molecule is CCCCOc1ccc(NC(=O)CSc2ncccc2C(=O)O)cc1. The minimum atomic E-state index is -1.06. The predicted octanol–water partition coefficient (Wildman–Crippen LogP) is 3.69. The Morgan fingerprint density at radius 2 is 2.00 bits per heavy atom. The van der Waals surface area contributed by atoms with Gasteiger partial charge in [-0.15, -0.1) is 0 Å². The highest BCUT2D eigenvalue weighted by atomic mass is 32.2. The maximum absolute atomic E-state index is 12.0. The molecule has 0 fully saturated rings. The first kappa shape index (κ1) is 18.8. The number of rotatable bonds is 9. The molecule has 2 rings (SSSR count). The van der Waals surface area contributed by atoms with Crippen molar-refractivity contribution < 1.29 is 19.4 Å². The highest BCUT2D eigenvalue weighted by Crippen LogP contribution is 2.21. The summed E-state index contributed by atoms with van der Waals surface area (Å²) in [5.41, 5.74) is 0.752. The number of amides is 1. The molecule has 2 aromatic rings. The molecule has 1 amide bonds. The van der Waals surface area contributed by atoms with Crippen LogP contribution in [0.3, 0.4) is 0 Å². The number of nitrogens with one attached hydrogen (secondary N) is 1. The lowest BCUT2D eigenvalue weighted by Gasteiger charge is -2.08. The number of aromatic carboxylic acids is 1. The lowest BCUT2D eigenvalue weighted by atomic mass is 10.3. The number of carboxylic acid groups (broad SMARTS) is 1. The summed E-state index contributed by atoms with van der Waals surface area (Å²) in [5.74, 6) is -0.451. The molecule has 1 aromatic heterocycles. The van der Waals surface area contributed by atoms with Gasteiger partial charge in [0.2, 0.25) is 5.91 Å². The van der Waals surface area contributed by atoms with Crippen LogP contribution in [0.2, 0.25) is 0 Å². The monoisotopic (exact) mass is 360 g/mol. The fourth-order valence-electron chi connectivity index (χ4n) is 1.97. The van der Waals surface area contributed by atoms with E-state index < -0.39 is 5.97 Å². The Labute approximate surface area is 150 Å². The number of pyridine rings is 1. The molecule has 0 unspecified atom stereocenters. The first-order valence-corrected chi connectivity index (χ1v) is 8.92. The summed E-state index contributed by atoms with van der Waals surface area (Å²) in [4.78, 5) is 27.2. The predicted molar refractivity (Wildman–Crippen MR) is 97.4 cm³/mol. The topological polar surface area (TPSA) is 88.5 Å². The number of anilines is 1. The summed E-state index contributed by atoms with van der Waals surface area (Å²) in [6.07, 6.45) is 3.58. The van der Waals surface area contributed by atoms with E-state index in [4.69, 9.17) is 9.84 Å². The van der Waals surface area contributed by atoms with Crippen LogP contribution in [-0.4, -0.2) is 34.3 Å². The number of hydrogen-bond acceptors (Lipinski definition) is 5. The van der Waals surface area contributed by atoms with Crippen molar-refractivity contribution >= 4 is 29.3 Å². The number of nitrogens with zero attached hydrogens (tertiary/aromatic N) is 1. The Morgan fingerprint density at radius 1 is 1.24 bits per heavy atom. The molecule has 0 atom stereocenters. The third kappa shape index (κ3) is 6.11. The minimum absolute atomic E-state index is 0.0754. The summed E-state index contributed by atoms with van der Waals surface area (Å²) in [5, 5.41) is 12.2. The van der Waals surface area contributed by atoms with Gasteiger partial charge in [-0.2, -0.15) is 0 Å². The first-order valence-electron chi connectivity index (χ1n) is 7.94. The van der Waals surface area contributed by atoms with Crippen LogP contribution >= 0.6 is 11.8 Å². The molecule has 0 aliphatic carbocycles. The maximum Gasteiger partial charge on any atom is 0.338 e. The third-order valence-corrected chi connectivity index (χ3v) is 4.25. The van der Waals surface area contributed by atoms with Crippen LogP contribution in [0.15, 0.2) is 47.6 Å². The van der Waals surface area contributed by atoms with E-state index in [0.717, 1.165) is 30.4 Å². The Balaban J connectivity index is 1.85. The van der Waals surface area contributed by atoms with E-state index in [2.05, 4.69) is 17.2 Å². The van der Waals surface area contributed by atoms with Gasteiger partial charge in [0.15, 0.2) is 0 Å². The molecule has 1 aromatic carbocycles. The van der Waals surface area contributed by atoms with Crippen LogP contribution in [-0.2, 0) is 4.79 Å². The van der Waals surface area contributed by atoms with E-state index in [1.54, 1.807) is 30.3 Å². The molecule has 2 N–H and O–H groups in total. The normalized spacial score (nSPS) is 10.3. The molecule has 0 radical (unpaired) electrons. The molecule has 132 valence electrons. The van der Waals surface area contributed by atoms with Gasteiger partial charge in [0, 0.05) is 11.9 Å². The average Bonchev–Trinajstić information content (AvgIpc) is 2.62. The minimum Gasteiger partial charge on any atom is -0.494 e. The quantitative estimate of drug-likeness (QED) is 0.524. The summed E-state index contributed by atoms with van der Waals surface area (Å²) >= 11 is 1.09. The zero-order valence-electron chi connectivity index (χ0n) is 13.9. The molecule has 6 nitrogen and oxygen atoms in total. The van der Waals surface area contributed by atoms with Gasteiger partial charge in [0.05, 0.1) is 17.9 Å². The lowest BCUT2D eigenvalue weighted by Crippen LogP contribution is -2.14. The van der Waals surface area contributed by atoms with Crippen LogP contribution in [0.5, 0.6) is 5.75 Å². The van der Waals surface area contributed by atoms with Crippen molar-refractivity contribution in [3.8, 4) is 5.75 Å². The van der Waals surface area contributed by atoms with Crippen molar-refractivity contribution in [2.45, 2.75) is 24.8 Å². The second-order valence-electron chi connectivity index (χ2n) is 5.22. The Morgan fingerprint density at radius 3 is 2.68 bits per heavy atom. The molecule has 0 aliphatic rings. The van der Waals surface area contributed by atoms with Gasteiger partial charge >= 0.3 is 5.97 Å². The van der Waals surface area contributed by atoms with E-state index >= 15 is 0 Å². The molecule has 1 heterocycles. The second-order valence-corrected chi connectivity index (χ2v) is 6.19. The van der Waals surface area contributed by atoms with Crippen molar-refractivity contribution in [1.82, 2.24) is 4.98 Å². The van der Waals surface area contributed by atoms with E-state index in [1.165, 1.54) is 12.3 Å². The number of hydrogen-bond donors (Lipinski definition) is 2. The molecule has 25 heavy (non-hydrogen) atoms. The van der Waals surface area contributed by atoms with Gasteiger partial charge in [-0.1, -0.05) is 25.1 Å². The number of carboxylic acids is 1. The molecule has 0 saturated carbocycles. The van der Waals surface area contributed by atoms with E-state index in [1.807, 2.05) is 0 Å². The van der Waals surface area contributed by atoms with Crippen LogP contribution in [0, 0.1) is 0 Å². The van der Waals surface area contributed by atoms with Crippen molar-refractivity contribution in [2.75, 3.05) is 17.7 Å². The molecular formula is C18H20N2O4S. The summed E-state index contributed by atoms with van der Waals surface area (Å²) in [6.45, 7) is 2.78. The van der Waals surface area contributed by atoms with Gasteiger partial charge in [0.25, 0.3) is 0 Å². The average molecular weight is 360 g/mol. The molecule has 0 bridgehead atoms. The zero-order chi connectivity index (χ0) is 18.1. The zero-order valence-corrected chi connectivity index (χ0v) is 14.7. The standard InChI is InChI=1S/C18H20N2O4S/c1-2-3-11-24-14-8-6-13(7-9-14)20-16(21)12-25-17-15(18(22)23)5-4-10-19-17/h4-10H,2-3,11-12H2,1H3,(H,20,21)(H,22,23). The summed E-state index contributed by atoms with van der Waals surface area (Å²) in [6, 6.07) is 10.2. The molecular weight excluding hydrogens is 340 g/mol. The van der Waals surface area contributed by atoms with Gasteiger partial charge in [-0.05, 0) is 42.8 Å². The highest BCUT2D eigenvalue weighted by Gasteiger charge is 2.13. The van der Waals surface area contributed by atoms with Gasteiger partial charge in [0.1, 0.15) is 10.8 Å². The fraction of sp³-hybridized carbons (Fsp3) is 0.278. The summed E-state index contributed by atoms with van der Waals surface area (Å²) in [7, 11) is 0. The van der Waals surface area contributed by atoms with Crippen LogP contribution in [0.1, 0.15) is 30.1 Å². The number of carbonyl (C=O) groups excluding carboxylic acids is 1. The fourth-order valence-corrected chi connectivity index (χ4v) is 2.75. The van der Waals surface area contributed by atoms with Crippen LogP contribution in [0.25, 0.3) is 0 Å². The summed E-state index contributed by atoms with van der Waals surface area (Å²) < 4.78 is 5.57. The molecule has 0 spiro atoms. The molecule has 0 saturated heterocycles. The Bertz CT molecular complexity index is 719. The largest absolute Gasteiger partial charge is 0.494 e. The van der Waals surface area contributed by atoms with Crippen molar-refractivity contribution in [3.05, 3.63) is 48.2 Å². The Kier molecular flexibility index (Phi) is 7.28. The number of unbranched alkanes of at least 4 members (excludes halogenated alkanes) is 1. The molecule has 0 aliphatic heterocycles. The number of aromatic nitrogens is 1. The first-order chi connectivity index (χ1) is 12.1. The second kappa shape index (κ2) is 9.68. The molecule has 7 heteroatoms. The number of benzene rings is 1. The lowest BCUT2D eigenvalue weighted by molar-refractivity contribution is -0.113. The Hall–Kier alpha value is -2.54.